The highest BCUT2D eigenvalue weighted by Crippen LogP contribution is 2.30. The van der Waals surface area contributed by atoms with E-state index in [2.05, 4.69) is 11.1 Å². The van der Waals surface area contributed by atoms with Crippen LogP contribution in [0.3, 0.4) is 0 Å². The van der Waals surface area contributed by atoms with Crippen molar-refractivity contribution in [3.8, 4) is 6.07 Å². The molecule has 0 saturated carbocycles. The van der Waals surface area contributed by atoms with Crippen LogP contribution in [0.2, 0.25) is 0 Å². The lowest BCUT2D eigenvalue weighted by molar-refractivity contribution is 0.0684. The van der Waals surface area contributed by atoms with E-state index in [0.717, 1.165) is 36.9 Å². The van der Waals surface area contributed by atoms with Crippen LogP contribution in [0, 0.1) is 11.3 Å². The van der Waals surface area contributed by atoms with Crippen molar-refractivity contribution in [1.82, 2.24) is 9.88 Å². The van der Waals surface area contributed by atoms with Gasteiger partial charge in [0.2, 0.25) is 0 Å². The highest BCUT2D eigenvalue weighted by molar-refractivity contribution is 7.99. The van der Waals surface area contributed by atoms with Crippen LogP contribution in [-0.4, -0.2) is 27.6 Å². The number of hydrogen-bond donors (Lipinski definition) is 0. The maximum absolute atomic E-state index is 12.4. The number of amides is 2. The molecule has 2 aromatic rings. The predicted molar refractivity (Wildman–Crippen MR) is 93.3 cm³/mol. The molecule has 25 heavy (non-hydrogen) atoms. The first-order valence-corrected chi connectivity index (χ1v) is 9.18. The van der Waals surface area contributed by atoms with E-state index in [1.54, 1.807) is 24.3 Å². The van der Waals surface area contributed by atoms with Gasteiger partial charge in [-0.2, -0.15) is 5.26 Å². The van der Waals surface area contributed by atoms with E-state index in [0.29, 0.717) is 21.7 Å². The molecule has 0 N–H and O–H groups in total. The molecule has 0 radical (unpaired) electrons. The van der Waals surface area contributed by atoms with E-state index in [9.17, 15) is 14.9 Å². The molecule has 2 aliphatic rings. The Morgan fingerprint density at radius 1 is 1.12 bits per heavy atom. The molecule has 6 heteroatoms. The molecule has 1 aromatic carbocycles. The van der Waals surface area contributed by atoms with Gasteiger partial charge in [-0.3, -0.25) is 14.5 Å². The third-order valence-corrected chi connectivity index (χ3v) is 5.57. The van der Waals surface area contributed by atoms with E-state index in [1.165, 1.54) is 16.7 Å². The summed E-state index contributed by atoms with van der Waals surface area (Å²) in [6.07, 6.45) is 4.11. The summed E-state index contributed by atoms with van der Waals surface area (Å²) >= 11 is 1.27. The van der Waals surface area contributed by atoms with Crippen molar-refractivity contribution in [2.24, 2.45) is 0 Å². The molecule has 0 bridgehead atoms. The first-order chi connectivity index (χ1) is 12.2. The molecule has 4 rings (SSSR count). The minimum atomic E-state index is -0.287. The Hall–Kier alpha value is -2.65. The van der Waals surface area contributed by atoms with Gasteiger partial charge in [0.1, 0.15) is 11.1 Å². The maximum Gasteiger partial charge on any atom is 0.262 e. The normalized spacial score (nSPS) is 15.7. The summed E-state index contributed by atoms with van der Waals surface area (Å²) in [5, 5.41) is 10.0. The minimum absolute atomic E-state index is 0.160. The third-order valence-electron chi connectivity index (χ3n) is 4.59. The van der Waals surface area contributed by atoms with Gasteiger partial charge in [0.15, 0.2) is 0 Å². The second-order valence-corrected chi connectivity index (χ2v) is 7.06. The van der Waals surface area contributed by atoms with Crippen LogP contribution in [0.4, 0.5) is 0 Å². The van der Waals surface area contributed by atoms with Crippen LogP contribution in [-0.2, 0) is 12.8 Å². The lowest BCUT2D eigenvalue weighted by Crippen LogP contribution is -2.29. The molecule has 0 atom stereocenters. The number of benzene rings is 1. The zero-order valence-electron chi connectivity index (χ0n) is 13.5. The smallest absolute Gasteiger partial charge is 0.262 e. The molecule has 2 heterocycles. The number of carbonyl (C=O) groups is 2. The molecule has 1 aliphatic heterocycles. The van der Waals surface area contributed by atoms with Gasteiger partial charge in [-0.15, -0.1) is 0 Å². The van der Waals surface area contributed by atoms with Crippen molar-refractivity contribution in [3.05, 3.63) is 58.3 Å². The number of thioether (sulfide) groups is 1. The fraction of sp³-hybridized carbons (Fsp3) is 0.263. The Balaban J connectivity index is 1.57. The maximum atomic E-state index is 12.4. The van der Waals surface area contributed by atoms with Gasteiger partial charge in [0, 0.05) is 5.69 Å². The number of rotatable bonds is 3. The largest absolute Gasteiger partial charge is 0.269 e. The van der Waals surface area contributed by atoms with Gasteiger partial charge in [-0.1, -0.05) is 23.9 Å². The van der Waals surface area contributed by atoms with E-state index in [4.69, 9.17) is 0 Å². The van der Waals surface area contributed by atoms with Gasteiger partial charge < -0.3 is 0 Å². The standard InChI is InChI=1S/C19H15N3O2S/c20-10-13-9-12-5-1-4-8-16(12)21-17(13)25-11-22-18(23)14-6-2-3-7-15(14)19(22)24/h2-3,6-7,9H,1,4-5,8,11H2. The number of imide groups is 1. The van der Waals surface area contributed by atoms with Crippen molar-refractivity contribution >= 4 is 23.6 Å². The minimum Gasteiger partial charge on any atom is -0.269 e. The Morgan fingerprint density at radius 2 is 1.80 bits per heavy atom. The van der Waals surface area contributed by atoms with Crippen LogP contribution < -0.4 is 0 Å². The summed E-state index contributed by atoms with van der Waals surface area (Å²) in [4.78, 5) is 30.7. The Bertz CT molecular complexity index is 898. The predicted octanol–water partition coefficient (Wildman–Crippen LogP) is 3.18. The molecule has 0 spiro atoms. The number of aromatic nitrogens is 1. The Labute approximate surface area is 149 Å². The zero-order valence-corrected chi connectivity index (χ0v) is 14.3. The number of nitriles is 1. The highest BCUT2D eigenvalue weighted by atomic mass is 32.2. The SMILES string of the molecule is N#Cc1cc2c(nc1SCN1C(=O)c3ccccc3C1=O)CCCC2. The van der Waals surface area contributed by atoms with E-state index >= 15 is 0 Å². The first-order valence-electron chi connectivity index (χ1n) is 8.20. The highest BCUT2D eigenvalue weighted by Gasteiger charge is 2.35. The number of fused-ring (bicyclic) bond motifs is 2. The number of hydrogen-bond acceptors (Lipinski definition) is 5. The molecule has 0 saturated heterocycles. The summed E-state index contributed by atoms with van der Waals surface area (Å²) in [7, 11) is 0. The summed E-state index contributed by atoms with van der Waals surface area (Å²) < 4.78 is 0. The average Bonchev–Trinajstić information content (AvgIpc) is 2.90. The van der Waals surface area contributed by atoms with Crippen LogP contribution in [0.5, 0.6) is 0 Å². The molecule has 1 aromatic heterocycles. The Morgan fingerprint density at radius 3 is 2.48 bits per heavy atom. The molecule has 5 nitrogen and oxygen atoms in total. The third kappa shape index (κ3) is 2.71. The van der Waals surface area contributed by atoms with Crippen molar-refractivity contribution in [2.45, 2.75) is 30.7 Å². The van der Waals surface area contributed by atoms with Crippen molar-refractivity contribution < 1.29 is 9.59 Å². The summed E-state index contributed by atoms with van der Waals surface area (Å²) in [5.74, 6) is -0.415. The summed E-state index contributed by atoms with van der Waals surface area (Å²) in [5.41, 5.74) is 3.57. The van der Waals surface area contributed by atoms with E-state index in [1.807, 2.05) is 6.07 Å². The van der Waals surface area contributed by atoms with Crippen LogP contribution >= 0.6 is 11.8 Å². The van der Waals surface area contributed by atoms with Crippen molar-refractivity contribution in [3.63, 3.8) is 0 Å². The van der Waals surface area contributed by atoms with Gasteiger partial charge in [0.05, 0.1) is 22.6 Å². The molecule has 1 aliphatic carbocycles. The van der Waals surface area contributed by atoms with Gasteiger partial charge in [-0.25, -0.2) is 4.98 Å². The molecular weight excluding hydrogens is 334 g/mol. The second-order valence-electron chi connectivity index (χ2n) is 6.12. The average molecular weight is 349 g/mol. The lowest BCUT2D eigenvalue weighted by Gasteiger charge is -2.18. The van der Waals surface area contributed by atoms with E-state index in [-0.39, 0.29) is 17.7 Å². The molecule has 0 fully saturated rings. The summed E-state index contributed by atoms with van der Waals surface area (Å²) in [6.45, 7) is 0. The van der Waals surface area contributed by atoms with E-state index < -0.39 is 0 Å². The quantitative estimate of drug-likeness (QED) is 0.628. The number of carbonyl (C=O) groups excluding carboxylic acids is 2. The van der Waals surface area contributed by atoms with Gasteiger partial charge in [-0.05, 0) is 49.4 Å². The van der Waals surface area contributed by atoms with Crippen molar-refractivity contribution in [2.75, 3.05) is 5.88 Å². The number of pyridine rings is 1. The zero-order chi connectivity index (χ0) is 17.4. The monoisotopic (exact) mass is 349 g/mol. The Kier molecular flexibility index (Phi) is 4.02. The number of nitrogens with zero attached hydrogens (tertiary/aromatic N) is 3. The van der Waals surface area contributed by atoms with Crippen LogP contribution in [0.25, 0.3) is 0 Å². The topological polar surface area (TPSA) is 74.1 Å². The molecule has 0 unspecified atom stereocenters. The fourth-order valence-electron chi connectivity index (χ4n) is 3.29. The fourth-order valence-corrected chi connectivity index (χ4v) is 4.21. The number of aryl methyl sites for hydroxylation is 2. The van der Waals surface area contributed by atoms with Crippen LogP contribution in [0.1, 0.15) is 50.4 Å². The molecule has 2 amide bonds. The molecule has 124 valence electrons. The first kappa shape index (κ1) is 15.9. The van der Waals surface area contributed by atoms with Gasteiger partial charge >= 0.3 is 0 Å². The van der Waals surface area contributed by atoms with Crippen molar-refractivity contribution in [1.29, 1.82) is 5.26 Å². The van der Waals surface area contributed by atoms with Gasteiger partial charge in [0.25, 0.3) is 11.8 Å². The van der Waals surface area contributed by atoms with Crippen LogP contribution in [0.15, 0.2) is 35.4 Å². The molecular formula is C19H15N3O2S. The summed E-state index contributed by atoms with van der Waals surface area (Å²) in [6, 6.07) is 10.9. The second kappa shape index (κ2) is 6.34. The lowest BCUT2D eigenvalue weighted by atomic mass is 9.95.